The molecular weight excluding hydrogens is 404 g/mol. The van der Waals surface area contributed by atoms with Gasteiger partial charge in [0, 0.05) is 30.7 Å². The molecule has 1 heterocycles. The zero-order valence-corrected chi connectivity index (χ0v) is 18.6. The number of methoxy groups -OCH3 is 2. The Kier molecular flexibility index (Phi) is 8.81. The van der Waals surface area contributed by atoms with Crippen LogP contribution >= 0.6 is 12.4 Å². The highest BCUT2D eigenvalue weighted by Crippen LogP contribution is 2.34. The van der Waals surface area contributed by atoms with E-state index >= 15 is 0 Å². The number of hydrogen-bond donors (Lipinski definition) is 2. The van der Waals surface area contributed by atoms with Crippen molar-refractivity contribution in [3.63, 3.8) is 0 Å². The van der Waals surface area contributed by atoms with Crippen molar-refractivity contribution in [3.8, 4) is 11.5 Å². The lowest BCUT2D eigenvalue weighted by Gasteiger charge is -2.38. The molecule has 2 aromatic carbocycles. The quantitative estimate of drug-likeness (QED) is 0.684. The Morgan fingerprint density at radius 1 is 1.10 bits per heavy atom. The van der Waals surface area contributed by atoms with Gasteiger partial charge in [-0.2, -0.15) is 0 Å². The van der Waals surface area contributed by atoms with Crippen LogP contribution in [0.25, 0.3) is 0 Å². The first-order valence-corrected chi connectivity index (χ1v) is 9.97. The van der Waals surface area contributed by atoms with Crippen molar-refractivity contribution in [1.29, 1.82) is 0 Å². The van der Waals surface area contributed by atoms with Crippen LogP contribution in [0.1, 0.15) is 36.9 Å². The minimum Gasteiger partial charge on any atom is -0.497 e. The molecule has 0 spiro atoms. The molecule has 1 aliphatic heterocycles. The molecule has 2 aromatic rings. The summed E-state index contributed by atoms with van der Waals surface area (Å²) in [6.07, 6.45) is 1.77. The molecule has 2 amide bonds. The van der Waals surface area contributed by atoms with E-state index in [4.69, 9.17) is 14.2 Å². The number of hydrogen-bond acceptors (Lipinski definition) is 4. The van der Waals surface area contributed by atoms with Crippen molar-refractivity contribution in [2.75, 3.05) is 34.0 Å². The smallest absolute Gasteiger partial charge is 0.315 e. The number of rotatable bonds is 7. The molecule has 1 atom stereocenters. The van der Waals surface area contributed by atoms with Gasteiger partial charge in [-0.25, -0.2) is 4.79 Å². The maximum atomic E-state index is 12.7. The molecule has 0 aromatic heterocycles. The summed E-state index contributed by atoms with van der Waals surface area (Å²) in [5.41, 5.74) is 2.00. The second kappa shape index (κ2) is 11.1. The van der Waals surface area contributed by atoms with Gasteiger partial charge in [-0.3, -0.25) is 0 Å². The van der Waals surface area contributed by atoms with E-state index in [0.29, 0.717) is 25.5 Å². The van der Waals surface area contributed by atoms with Crippen LogP contribution in [0.4, 0.5) is 4.79 Å². The van der Waals surface area contributed by atoms with Gasteiger partial charge in [-0.1, -0.05) is 30.3 Å². The number of amides is 2. The average Bonchev–Trinajstić information content (AvgIpc) is 2.78. The van der Waals surface area contributed by atoms with Gasteiger partial charge in [0.2, 0.25) is 0 Å². The highest BCUT2D eigenvalue weighted by Gasteiger charge is 2.34. The van der Waals surface area contributed by atoms with Crippen molar-refractivity contribution in [2.24, 2.45) is 0 Å². The molecule has 1 fully saturated rings. The number of ether oxygens (including phenoxy) is 3. The van der Waals surface area contributed by atoms with Crippen LogP contribution in [0.15, 0.2) is 48.5 Å². The van der Waals surface area contributed by atoms with Crippen molar-refractivity contribution in [2.45, 2.75) is 31.2 Å². The van der Waals surface area contributed by atoms with E-state index in [0.717, 1.165) is 24.2 Å². The van der Waals surface area contributed by atoms with Crippen molar-refractivity contribution in [3.05, 3.63) is 59.7 Å². The second-order valence-corrected chi connectivity index (χ2v) is 7.42. The number of carbonyl (C=O) groups is 1. The molecule has 2 N–H and O–H groups in total. The molecule has 0 aliphatic carbocycles. The molecule has 7 heteroatoms. The lowest BCUT2D eigenvalue weighted by atomic mass is 9.74. The second-order valence-electron chi connectivity index (χ2n) is 7.42. The van der Waals surface area contributed by atoms with Gasteiger partial charge in [0.25, 0.3) is 0 Å². The maximum absolute atomic E-state index is 12.7. The van der Waals surface area contributed by atoms with Gasteiger partial charge in [0.05, 0.1) is 20.3 Å². The van der Waals surface area contributed by atoms with Crippen LogP contribution in [0.5, 0.6) is 11.5 Å². The van der Waals surface area contributed by atoms with E-state index in [2.05, 4.69) is 22.8 Å². The van der Waals surface area contributed by atoms with Crippen LogP contribution in [-0.2, 0) is 10.2 Å². The monoisotopic (exact) mass is 434 g/mol. The van der Waals surface area contributed by atoms with Crippen LogP contribution in [-0.4, -0.2) is 40.0 Å². The summed E-state index contributed by atoms with van der Waals surface area (Å²) in [5, 5.41) is 6.09. The fourth-order valence-electron chi connectivity index (χ4n) is 3.87. The Labute approximate surface area is 184 Å². The molecule has 6 nitrogen and oxygen atoms in total. The van der Waals surface area contributed by atoms with Crippen molar-refractivity contribution >= 4 is 18.4 Å². The number of benzene rings is 2. The largest absolute Gasteiger partial charge is 0.497 e. The summed E-state index contributed by atoms with van der Waals surface area (Å²) < 4.78 is 16.3. The highest BCUT2D eigenvalue weighted by molar-refractivity contribution is 5.85. The van der Waals surface area contributed by atoms with Gasteiger partial charge < -0.3 is 24.8 Å². The molecule has 164 valence electrons. The zero-order valence-electron chi connectivity index (χ0n) is 17.8. The molecule has 1 unspecified atom stereocenters. The topological polar surface area (TPSA) is 68.8 Å². The molecule has 3 rings (SSSR count). The Bertz CT molecular complexity index is 810. The summed E-state index contributed by atoms with van der Waals surface area (Å²) in [6, 6.07) is 15.5. The lowest BCUT2D eigenvalue weighted by Crippen LogP contribution is -2.47. The summed E-state index contributed by atoms with van der Waals surface area (Å²) in [6.45, 7) is 3.90. The minimum absolute atomic E-state index is 0. The predicted octanol–water partition coefficient (Wildman–Crippen LogP) is 4.23. The third-order valence-electron chi connectivity index (χ3n) is 5.67. The lowest BCUT2D eigenvalue weighted by molar-refractivity contribution is 0.0506. The van der Waals surface area contributed by atoms with Crippen LogP contribution in [0, 0.1) is 0 Å². The average molecular weight is 435 g/mol. The van der Waals surface area contributed by atoms with E-state index in [1.165, 1.54) is 5.56 Å². The van der Waals surface area contributed by atoms with Gasteiger partial charge in [-0.15, -0.1) is 12.4 Å². The van der Waals surface area contributed by atoms with Gasteiger partial charge >= 0.3 is 6.03 Å². The van der Waals surface area contributed by atoms with Crippen LogP contribution < -0.4 is 20.1 Å². The fourth-order valence-corrected chi connectivity index (χ4v) is 3.87. The third-order valence-corrected chi connectivity index (χ3v) is 5.67. The van der Waals surface area contributed by atoms with Gasteiger partial charge in [0.1, 0.15) is 11.5 Å². The Balaban J connectivity index is 0.00000320. The molecule has 0 radical (unpaired) electrons. The van der Waals surface area contributed by atoms with Crippen molar-refractivity contribution < 1.29 is 19.0 Å². The first-order valence-electron chi connectivity index (χ1n) is 9.97. The molecular formula is C23H31ClN2O4. The van der Waals surface area contributed by atoms with Gasteiger partial charge in [0.15, 0.2) is 0 Å². The zero-order chi connectivity index (χ0) is 20.7. The summed E-state index contributed by atoms with van der Waals surface area (Å²) in [7, 11) is 3.24. The fraction of sp³-hybridized carbons (Fsp3) is 0.435. The predicted molar refractivity (Wildman–Crippen MR) is 120 cm³/mol. The molecule has 0 saturated carbocycles. The molecule has 30 heavy (non-hydrogen) atoms. The van der Waals surface area contributed by atoms with E-state index in [9.17, 15) is 4.79 Å². The summed E-state index contributed by atoms with van der Waals surface area (Å²) >= 11 is 0. The molecule has 1 saturated heterocycles. The van der Waals surface area contributed by atoms with E-state index in [1.54, 1.807) is 14.2 Å². The first-order chi connectivity index (χ1) is 14.1. The standard InChI is InChI=1S/C23H30N2O4.ClH/c1-17(20-15-19(27-2)9-10-21(20)28-3)25-22(26)24-16-23(11-13-29-14-12-23)18-7-5-4-6-8-18;/h4-10,15,17H,11-14,16H2,1-3H3,(H2,24,25,26);1H. The number of carbonyl (C=O) groups excluding carboxylic acids is 1. The highest BCUT2D eigenvalue weighted by atomic mass is 35.5. The molecule has 0 bridgehead atoms. The normalized spacial score (nSPS) is 16.0. The van der Waals surface area contributed by atoms with Crippen LogP contribution in [0.2, 0.25) is 0 Å². The maximum Gasteiger partial charge on any atom is 0.315 e. The van der Waals surface area contributed by atoms with E-state index in [1.807, 2.05) is 43.3 Å². The summed E-state index contributed by atoms with van der Waals surface area (Å²) in [5.74, 6) is 1.43. The number of urea groups is 1. The number of nitrogens with one attached hydrogen (secondary N) is 2. The van der Waals surface area contributed by atoms with E-state index in [-0.39, 0.29) is 29.9 Å². The Morgan fingerprint density at radius 2 is 1.80 bits per heavy atom. The SMILES string of the molecule is COc1ccc(OC)c(C(C)NC(=O)NCC2(c3ccccc3)CCOCC2)c1.Cl. The number of halogens is 1. The minimum atomic E-state index is -0.234. The molecule has 1 aliphatic rings. The Hall–Kier alpha value is -2.44. The van der Waals surface area contributed by atoms with E-state index < -0.39 is 0 Å². The van der Waals surface area contributed by atoms with Crippen LogP contribution in [0.3, 0.4) is 0 Å². The summed E-state index contributed by atoms with van der Waals surface area (Å²) in [4.78, 5) is 12.7. The van der Waals surface area contributed by atoms with Gasteiger partial charge in [-0.05, 0) is 43.5 Å². The third kappa shape index (κ3) is 5.58. The first kappa shape index (κ1) is 23.8. The Morgan fingerprint density at radius 3 is 2.43 bits per heavy atom. The van der Waals surface area contributed by atoms with Crippen molar-refractivity contribution in [1.82, 2.24) is 10.6 Å².